The summed E-state index contributed by atoms with van der Waals surface area (Å²) in [5.74, 6) is -0.863. The lowest BCUT2D eigenvalue weighted by molar-refractivity contribution is 0.178. The Labute approximate surface area is 194 Å². The lowest BCUT2D eigenvalue weighted by atomic mass is 10.1. The molecule has 2 N–H and O–H groups in total. The number of nitrogens with zero attached hydrogens (tertiary/aromatic N) is 7. The molecule has 1 amide bonds. The first-order chi connectivity index (χ1) is 17.0. The van der Waals surface area contributed by atoms with E-state index in [1.165, 1.54) is 39.9 Å². The first kappa shape index (κ1) is 20.7. The zero-order valence-corrected chi connectivity index (χ0v) is 17.7. The van der Waals surface area contributed by atoms with Gasteiger partial charge in [-0.3, -0.25) is 4.98 Å². The number of pyridine rings is 1. The summed E-state index contributed by atoms with van der Waals surface area (Å²) in [5, 5.41) is 11.5. The molecule has 0 aliphatic carbocycles. The summed E-state index contributed by atoms with van der Waals surface area (Å²) in [6, 6.07) is 8.00. The minimum Gasteiger partial charge on any atom is -0.446 e. The van der Waals surface area contributed by atoms with Crippen LogP contribution in [0.1, 0.15) is 11.7 Å². The number of ether oxygens (including phenoxy) is 1. The number of cyclic esters (lactones) is 1. The van der Waals surface area contributed by atoms with E-state index in [1.54, 1.807) is 18.3 Å². The van der Waals surface area contributed by atoms with Crippen molar-refractivity contribution in [3.8, 4) is 22.6 Å². The summed E-state index contributed by atoms with van der Waals surface area (Å²) in [5.41, 5.74) is 7.35. The molecule has 5 aromatic rings. The Morgan fingerprint density at radius 3 is 2.69 bits per heavy atom. The molecular weight excluding hydrogens is 462 g/mol. The van der Waals surface area contributed by atoms with Gasteiger partial charge in [-0.15, -0.1) is 5.10 Å². The number of rotatable bonds is 4. The van der Waals surface area contributed by atoms with Gasteiger partial charge in [0.2, 0.25) is 0 Å². The molecule has 1 aromatic carbocycles. The van der Waals surface area contributed by atoms with Gasteiger partial charge in [0.25, 0.3) is 5.89 Å². The molecular formula is C22H14F2N8O3. The predicted molar refractivity (Wildman–Crippen MR) is 117 cm³/mol. The Kier molecular flexibility index (Phi) is 4.62. The number of fused-ring (bicyclic) bond motifs is 1. The molecule has 0 bridgehead atoms. The average Bonchev–Trinajstić information content (AvgIpc) is 3.57. The number of anilines is 2. The van der Waals surface area contributed by atoms with Crippen LogP contribution < -0.4 is 10.6 Å². The number of nitrogen functional groups attached to an aromatic ring is 1. The molecule has 174 valence electrons. The number of amides is 1. The standard InChI is InChI=1S/C22H14F2N8O3/c23-12-2-4-16(26-8-12)17-10-34-22(33)32(17)18-5-6-31-19(28-18)14(9-27-31)11-1-3-13(15(24)7-11)20-29-30-21(25)35-20/h1-9,17H,10H2,(H2,25,30). The second-order valence-corrected chi connectivity index (χ2v) is 7.62. The molecule has 4 aromatic heterocycles. The van der Waals surface area contributed by atoms with Crippen molar-refractivity contribution < 1.29 is 22.7 Å². The van der Waals surface area contributed by atoms with E-state index in [9.17, 15) is 13.6 Å². The summed E-state index contributed by atoms with van der Waals surface area (Å²) >= 11 is 0. The fraction of sp³-hybridized carbons (Fsp3) is 0.0909. The predicted octanol–water partition coefficient (Wildman–Crippen LogP) is 3.40. The molecule has 13 heteroatoms. The molecule has 35 heavy (non-hydrogen) atoms. The van der Waals surface area contributed by atoms with Crippen molar-refractivity contribution in [3.63, 3.8) is 0 Å². The Hall–Kier alpha value is -4.94. The van der Waals surface area contributed by atoms with Crippen LogP contribution in [0.2, 0.25) is 0 Å². The van der Waals surface area contributed by atoms with Gasteiger partial charge < -0.3 is 14.9 Å². The molecule has 0 saturated carbocycles. The third kappa shape index (κ3) is 3.49. The van der Waals surface area contributed by atoms with Gasteiger partial charge in [-0.2, -0.15) is 5.10 Å². The normalized spacial score (nSPS) is 15.7. The number of hydrogen-bond acceptors (Lipinski definition) is 9. The van der Waals surface area contributed by atoms with Gasteiger partial charge in [-0.25, -0.2) is 28.0 Å². The van der Waals surface area contributed by atoms with Gasteiger partial charge in [0.15, 0.2) is 5.65 Å². The van der Waals surface area contributed by atoms with E-state index in [2.05, 4.69) is 25.3 Å². The highest BCUT2D eigenvalue weighted by atomic mass is 19.1. The molecule has 11 nitrogen and oxygen atoms in total. The minimum atomic E-state index is -0.617. The number of hydrogen-bond donors (Lipinski definition) is 1. The van der Waals surface area contributed by atoms with Crippen molar-refractivity contribution >= 4 is 23.6 Å². The largest absolute Gasteiger partial charge is 0.446 e. The number of benzene rings is 1. The molecule has 0 spiro atoms. The zero-order valence-electron chi connectivity index (χ0n) is 17.7. The van der Waals surface area contributed by atoms with Crippen molar-refractivity contribution in [3.05, 3.63) is 72.3 Å². The van der Waals surface area contributed by atoms with E-state index in [1.807, 2.05) is 0 Å². The maximum atomic E-state index is 14.9. The van der Waals surface area contributed by atoms with E-state index < -0.39 is 23.8 Å². The summed E-state index contributed by atoms with van der Waals surface area (Å²) in [6.07, 6.45) is 3.61. The highest BCUT2D eigenvalue weighted by Crippen LogP contribution is 2.33. The number of carbonyl (C=O) groups excluding carboxylic acids is 1. The molecule has 1 aliphatic heterocycles. The molecule has 5 heterocycles. The molecule has 1 saturated heterocycles. The number of halogens is 2. The van der Waals surface area contributed by atoms with Crippen LogP contribution in [0.4, 0.5) is 25.4 Å². The lowest BCUT2D eigenvalue weighted by Crippen LogP contribution is -2.28. The molecule has 1 fully saturated rings. The summed E-state index contributed by atoms with van der Waals surface area (Å²) in [4.78, 5) is 22.5. The van der Waals surface area contributed by atoms with Crippen LogP contribution in [0.15, 0.2) is 59.4 Å². The van der Waals surface area contributed by atoms with Gasteiger partial charge >= 0.3 is 12.1 Å². The van der Waals surface area contributed by atoms with Gasteiger partial charge in [0.1, 0.15) is 30.1 Å². The number of aromatic nitrogens is 6. The van der Waals surface area contributed by atoms with Crippen LogP contribution in [0.3, 0.4) is 0 Å². The topological polar surface area (TPSA) is 138 Å². The highest BCUT2D eigenvalue weighted by molar-refractivity contribution is 5.90. The SMILES string of the molecule is Nc1nnc(-c2ccc(-c3cnn4ccc(N5C(=O)OCC5c5ccc(F)cn5)nc34)cc2F)o1. The van der Waals surface area contributed by atoms with E-state index in [4.69, 9.17) is 14.9 Å². The summed E-state index contributed by atoms with van der Waals surface area (Å²) in [7, 11) is 0. The molecule has 6 rings (SSSR count). The average molecular weight is 476 g/mol. The van der Waals surface area contributed by atoms with Crippen LogP contribution >= 0.6 is 0 Å². The van der Waals surface area contributed by atoms with Gasteiger partial charge in [0, 0.05) is 11.8 Å². The molecule has 0 radical (unpaired) electrons. The van der Waals surface area contributed by atoms with E-state index >= 15 is 0 Å². The Morgan fingerprint density at radius 1 is 1.06 bits per heavy atom. The van der Waals surface area contributed by atoms with E-state index in [-0.39, 0.29) is 29.9 Å². The van der Waals surface area contributed by atoms with Crippen molar-refractivity contribution in [1.82, 2.24) is 29.8 Å². The second kappa shape index (κ2) is 7.83. The van der Waals surface area contributed by atoms with Crippen molar-refractivity contribution in [1.29, 1.82) is 0 Å². The van der Waals surface area contributed by atoms with Crippen LogP contribution in [0.5, 0.6) is 0 Å². The Morgan fingerprint density at radius 2 is 1.94 bits per heavy atom. The lowest BCUT2D eigenvalue weighted by Gasteiger charge is -2.20. The van der Waals surface area contributed by atoms with Crippen LogP contribution in [-0.4, -0.2) is 42.5 Å². The first-order valence-electron chi connectivity index (χ1n) is 10.3. The molecule has 1 atom stereocenters. The fourth-order valence-corrected chi connectivity index (χ4v) is 3.87. The smallest absolute Gasteiger partial charge is 0.416 e. The fourth-order valence-electron chi connectivity index (χ4n) is 3.87. The zero-order chi connectivity index (χ0) is 24.1. The molecule has 1 aliphatic rings. The summed E-state index contributed by atoms with van der Waals surface area (Å²) in [6.45, 7) is 0.0311. The Bertz CT molecular complexity index is 1580. The highest BCUT2D eigenvalue weighted by Gasteiger charge is 2.37. The first-order valence-corrected chi connectivity index (χ1v) is 10.3. The number of nitrogens with two attached hydrogens (primary N) is 1. The Balaban J connectivity index is 1.39. The van der Waals surface area contributed by atoms with Gasteiger partial charge in [-0.1, -0.05) is 11.2 Å². The maximum absolute atomic E-state index is 14.9. The van der Waals surface area contributed by atoms with Crippen molar-refractivity contribution in [2.75, 3.05) is 17.2 Å². The maximum Gasteiger partial charge on any atom is 0.416 e. The molecule has 1 unspecified atom stereocenters. The van der Waals surface area contributed by atoms with E-state index in [0.717, 1.165) is 6.20 Å². The van der Waals surface area contributed by atoms with Gasteiger partial charge in [0.05, 0.1) is 23.7 Å². The summed E-state index contributed by atoms with van der Waals surface area (Å²) < 4.78 is 40.0. The van der Waals surface area contributed by atoms with Crippen LogP contribution in [-0.2, 0) is 4.74 Å². The third-order valence-electron chi connectivity index (χ3n) is 5.52. The van der Waals surface area contributed by atoms with Crippen molar-refractivity contribution in [2.24, 2.45) is 0 Å². The number of carbonyl (C=O) groups is 1. The van der Waals surface area contributed by atoms with E-state index in [0.29, 0.717) is 22.5 Å². The van der Waals surface area contributed by atoms with Crippen LogP contribution in [0.25, 0.3) is 28.2 Å². The van der Waals surface area contributed by atoms with Gasteiger partial charge in [-0.05, 0) is 35.9 Å². The van der Waals surface area contributed by atoms with Crippen LogP contribution in [0, 0.1) is 11.6 Å². The quantitative estimate of drug-likeness (QED) is 0.414. The monoisotopic (exact) mass is 476 g/mol. The third-order valence-corrected chi connectivity index (χ3v) is 5.52. The second-order valence-electron chi connectivity index (χ2n) is 7.62. The minimum absolute atomic E-state index is 0.0311. The van der Waals surface area contributed by atoms with Crippen molar-refractivity contribution in [2.45, 2.75) is 6.04 Å².